The average molecular weight is 236 g/mol. The molecule has 0 heterocycles. The summed E-state index contributed by atoms with van der Waals surface area (Å²) in [4.78, 5) is 11.3. The summed E-state index contributed by atoms with van der Waals surface area (Å²) < 4.78 is 0. The molecule has 0 amide bonds. The van der Waals surface area contributed by atoms with E-state index in [1.807, 2.05) is 6.92 Å². The van der Waals surface area contributed by atoms with Gasteiger partial charge in [-0.05, 0) is 51.4 Å². The van der Waals surface area contributed by atoms with Gasteiger partial charge in [-0.3, -0.25) is 4.79 Å². The van der Waals surface area contributed by atoms with Crippen LogP contribution in [0, 0.1) is 11.8 Å². The van der Waals surface area contributed by atoms with Crippen molar-refractivity contribution in [2.45, 2.75) is 72.1 Å². The Morgan fingerprint density at radius 2 is 1.82 bits per heavy atom. The molecule has 0 N–H and O–H groups in total. The summed E-state index contributed by atoms with van der Waals surface area (Å²) in [5.74, 6) is 2.20. The minimum Gasteiger partial charge on any atom is -0.300 e. The smallest absolute Gasteiger partial charge is 0.132 e. The van der Waals surface area contributed by atoms with Crippen LogP contribution in [0.2, 0.25) is 0 Å². The Morgan fingerprint density at radius 3 is 2.41 bits per heavy atom. The lowest BCUT2D eigenvalue weighted by Crippen LogP contribution is -2.01. The second kappa shape index (κ2) is 7.68. The minimum atomic E-state index is 0.443. The van der Waals surface area contributed by atoms with Crippen LogP contribution < -0.4 is 0 Å². The Morgan fingerprint density at radius 1 is 1.18 bits per heavy atom. The zero-order chi connectivity index (χ0) is 12.7. The molecule has 2 unspecified atom stereocenters. The van der Waals surface area contributed by atoms with E-state index >= 15 is 0 Å². The molecule has 0 aliphatic heterocycles. The first-order chi connectivity index (χ1) is 8.11. The number of hydrogen-bond acceptors (Lipinski definition) is 1. The van der Waals surface area contributed by atoms with Crippen LogP contribution in [-0.4, -0.2) is 5.78 Å². The zero-order valence-corrected chi connectivity index (χ0v) is 11.8. The standard InChI is InChI=1S/C16H28O/c1-4-16(17)11-10-15-9-8-14(12-15)7-5-6-13(2)3/h6,14-15H,4-5,7-12H2,1-3H3. The van der Waals surface area contributed by atoms with E-state index in [1.54, 1.807) is 0 Å². The number of allylic oxidation sites excluding steroid dienone is 2. The Labute approximate surface area is 107 Å². The summed E-state index contributed by atoms with van der Waals surface area (Å²) >= 11 is 0. The fourth-order valence-electron chi connectivity index (χ4n) is 2.85. The van der Waals surface area contributed by atoms with E-state index in [4.69, 9.17) is 0 Å². The normalized spacial score (nSPS) is 23.7. The van der Waals surface area contributed by atoms with Gasteiger partial charge in [0.05, 0.1) is 0 Å². The van der Waals surface area contributed by atoms with Gasteiger partial charge >= 0.3 is 0 Å². The van der Waals surface area contributed by atoms with Crippen molar-refractivity contribution < 1.29 is 4.79 Å². The van der Waals surface area contributed by atoms with E-state index in [9.17, 15) is 4.79 Å². The summed E-state index contributed by atoms with van der Waals surface area (Å²) in [5.41, 5.74) is 1.44. The highest BCUT2D eigenvalue weighted by Gasteiger charge is 2.24. The van der Waals surface area contributed by atoms with Crippen molar-refractivity contribution in [3.63, 3.8) is 0 Å². The van der Waals surface area contributed by atoms with Gasteiger partial charge in [0.2, 0.25) is 0 Å². The molecule has 0 saturated heterocycles. The molecule has 1 heteroatoms. The number of rotatable bonds is 7. The molecule has 1 aliphatic rings. The van der Waals surface area contributed by atoms with Crippen molar-refractivity contribution >= 4 is 5.78 Å². The van der Waals surface area contributed by atoms with Gasteiger partial charge in [-0.15, -0.1) is 0 Å². The zero-order valence-electron chi connectivity index (χ0n) is 11.8. The molecule has 1 fully saturated rings. The van der Waals surface area contributed by atoms with Crippen molar-refractivity contribution in [2.75, 3.05) is 0 Å². The number of ketones is 1. The molecule has 98 valence electrons. The number of Topliss-reactive ketones (excluding diaryl/α,β-unsaturated/α-hetero) is 1. The van der Waals surface area contributed by atoms with E-state index < -0.39 is 0 Å². The lowest BCUT2D eigenvalue weighted by Gasteiger charge is -2.10. The summed E-state index contributed by atoms with van der Waals surface area (Å²) in [6.07, 6.45) is 11.8. The fraction of sp³-hybridized carbons (Fsp3) is 0.812. The van der Waals surface area contributed by atoms with Crippen LogP contribution in [0.5, 0.6) is 0 Å². The SMILES string of the molecule is CCC(=O)CCC1CCC(CCC=C(C)C)C1. The number of carbonyl (C=O) groups is 1. The summed E-state index contributed by atoms with van der Waals surface area (Å²) in [7, 11) is 0. The quantitative estimate of drug-likeness (QED) is 0.574. The maximum atomic E-state index is 11.3. The van der Waals surface area contributed by atoms with Gasteiger partial charge in [-0.2, -0.15) is 0 Å². The van der Waals surface area contributed by atoms with Gasteiger partial charge in [-0.1, -0.05) is 31.4 Å². The van der Waals surface area contributed by atoms with Crippen LogP contribution in [0.25, 0.3) is 0 Å². The molecule has 0 aromatic rings. The van der Waals surface area contributed by atoms with Gasteiger partial charge in [0, 0.05) is 12.8 Å². The molecule has 2 atom stereocenters. The first kappa shape index (κ1) is 14.5. The lowest BCUT2D eigenvalue weighted by atomic mass is 9.96. The maximum absolute atomic E-state index is 11.3. The van der Waals surface area contributed by atoms with E-state index in [1.165, 1.54) is 37.7 Å². The molecular weight excluding hydrogens is 208 g/mol. The van der Waals surface area contributed by atoms with Gasteiger partial charge in [0.1, 0.15) is 5.78 Å². The monoisotopic (exact) mass is 236 g/mol. The van der Waals surface area contributed by atoms with Crippen molar-refractivity contribution in [1.29, 1.82) is 0 Å². The third-order valence-electron chi connectivity index (χ3n) is 4.00. The molecule has 0 bridgehead atoms. The molecule has 1 saturated carbocycles. The van der Waals surface area contributed by atoms with Crippen LogP contribution in [0.1, 0.15) is 72.1 Å². The van der Waals surface area contributed by atoms with Crippen LogP contribution >= 0.6 is 0 Å². The number of carbonyl (C=O) groups excluding carboxylic acids is 1. The lowest BCUT2D eigenvalue weighted by molar-refractivity contribution is -0.119. The summed E-state index contributed by atoms with van der Waals surface area (Å²) in [5, 5.41) is 0. The van der Waals surface area contributed by atoms with E-state index in [0.717, 1.165) is 31.1 Å². The van der Waals surface area contributed by atoms with Crippen LogP contribution in [0.3, 0.4) is 0 Å². The molecule has 0 aromatic heterocycles. The van der Waals surface area contributed by atoms with Gasteiger partial charge in [0.25, 0.3) is 0 Å². The third kappa shape index (κ3) is 6.05. The third-order valence-corrected chi connectivity index (χ3v) is 4.00. The molecule has 17 heavy (non-hydrogen) atoms. The molecule has 0 spiro atoms. The second-order valence-electron chi connectivity index (χ2n) is 5.83. The van der Waals surface area contributed by atoms with Crippen LogP contribution in [0.4, 0.5) is 0 Å². The highest BCUT2D eigenvalue weighted by atomic mass is 16.1. The molecule has 1 rings (SSSR count). The first-order valence-electron chi connectivity index (χ1n) is 7.26. The minimum absolute atomic E-state index is 0.443. The average Bonchev–Trinajstić information content (AvgIpc) is 2.73. The maximum Gasteiger partial charge on any atom is 0.132 e. The largest absolute Gasteiger partial charge is 0.300 e. The molecule has 1 aliphatic carbocycles. The van der Waals surface area contributed by atoms with Crippen LogP contribution in [0.15, 0.2) is 11.6 Å². The first-order valence-corrected chi connectivity index (χ1v) is 7.26. The predicted molar refractivity (Wildman–Crippen MR) is 74.0 cm³/mol. The van der Waals surface area contributed by atoms with Gasteiger partial charge in [0.15, 0.2) is 0 Å². The molecular formula is C16H28O. The number of hydrogen-bond donors (Lipinski definition) is 0. The van der Waals surface area contributed by atoms with Gasteiger partial charge < -0.3 is 0 Å². The van der Waals surface area contributed by atoms with Crippen molar-refractivity contribution in [2.24, 2.45) is 11.8 Å². The topological polar surface area (TPSA) is 17.1 Å². The fourth-order valence-corrected chi connectivity index (χ4v) is 2.85. The summed E-state index contributed by atoms with van der Waals surface area (Å²) in [6, 6.07) is 0. The Hall–Kier alpha value is -0.590. The van der Waals surface area contributed by atoms with Crippen molar-refractivity contribution in [3.8, 4) is 0 Å². The van der Waals surface area contributed by atoms with Gasteiger partial charge in [-0.25, -0.2) is 0 Å². The molecule has 1 nitrogen and oxygen atoms in total. The Balaban J connectivity index is 2.14. The molecule has 0 aromatic carbocycles. The molecule has 0 radical (unpaired) electrons. The van der Waals surface area contributed by atoms with E-state index in [0.29, 0.717) is 5.78 Å². The summed E-state index contributed by atoms with van der Waals surface area (Å²) in [6.45, 7) is 6.32. The van der Waals surface area contributed by atoms with Crippen LogP contribution in [-0.2, 0) is 4.79 Å². The highest BCUT2D eigenvalue weighted by molar-refractivity contribution is 5.77. The van der Waals surface area contributed by atoms with E-state index in [2.05, 4.69) is 19.9 Å². The second-order valence-corrected chi connectivity index (χ2v) is 5.83. The highest BCUT2D eigenvalue weighted by Crippen LogP contribution is 2.36. The Kier molecular flexibility index (Phi) is 6.54. The van der Waals surface area contributed by atoms with Crippen molar-refractivity contribution in [3.05, 3.63) is 11.6 Å². The van der Waals surface area contributed by atoms with Crippen molar-refractivity contribution in [1.82, 2.24) is 0 Å². The predicted octanol–water partition coefficient (Wildman–Crippen LogP) is 4.91. The van der Waals surface area contributed by atoms with E-state index in [-0.39, 0.29) is 0 Å². The Bertz CT molecular complexity index is 261.